The number of hydrogen-bond donors (Lipinski definition) is 3. The molecule has 0 heterocycles. The molecule has 0 saturated heterocycles. The zero-order valence-corrected chi connectivity index (χ0v) is 17.9. The predicted molar refractivity (Wildman–Crippen MR) is 121 cm³/mol. The van der Waals surface area contributed by atoms with Crippen LogP contribution in [0.4, 0.5) is 0 Å². The van der Waals surface area contributed by atoms with E-state index in [0.717, 1.165) is 18.1 Å². The van der Waals surface area contributed by atoms with Crippen molar-refractivity contribution in [3.8, 4) is 0 Å². The lowest BCUT2D eigenvalue weighted by molar-refractivity contribution is 0.265. The number of benzene rings is 2. The minimum Gasteiger partial charge on any atom is -0.396 e. The Morgan fingerprint density at radius 2 is 1.54 bits per heavy atom. The molecule has 0 aliphatic rings. The first-order valence-corrected chi connectivity index (χ1v) is 8.97. The van der Waals surface area contributed by atoms with E-state index in [4.69, 9.17) is 4.99 Å². The molecule has 4 nitrogen and oxygen atoms in total. The van der Waals surface area contributed by atoms with Crippen molar-refractivity contribution in [3.05, 3.63) is 71.8 Å². The fourth-order valence-electron chi connectivity index (χ4n) is 2.69. The Morgan fingerprint density at radius 1 is 0.962 bits per heavy atom. The molecule has 0 aromatic heterocycles. The number of aliphatic hydroxyl groups excluding tert-OH is 1. The normalized spacial score (nSPS) is 13.4. The molecular weight excluding hydrogens is 437 g/mol. The van der Waals surface area contributed by atoms with Gasteiger partial charge in [0.1, 0.15) is 0 Å². The summed E-state index contributed by atoms with van der Waals surface area (Å²) in [5.41, 5.74) is 2.42. The van der Waals surface area contributed by atoms with Gasteiger partial charge in [-0.2, -0.15) is 0 Å². The fraction of sp³-hybridized carbons (Fsp3) is 0.381. The molecule has 5 heteroatoms. The zero-order valence-electron chi connectivity index (χ0n) is 15.6. The highest BCUT2D eigenvalue weighted by Crippen LogP contribution is 2.15. The van der Waals surface area contributed by atoms with Crippen molar-refractivity contribution < 1.29 is 5.11 Å². The molecule has 2 unspecified atom stereocenters. The summed E-state index contributed by atoms with van der Waals surface area (Å²) in [4.78, 5) is 4.70. The highest BCUT2D eigenvalue weighted by molar-refractivity contribution is 14.0. The summed E-state index contributed by atoms with van der Waals surface area (Å²) in [5.74, 6) is 1.20. The average molecular weight is 467 g/mol. The third kappa shape index (κ3) is 7.33. The molecule has 2 atom stereocenters. The van der Waals surface area contributed by atoms with E-state index >= 15 is 0 Å². The van der Waals surface area contributed by atoms with Crippen LogP contribution < -0.4 is 10.6 Å². The number of nitrogens with zero attached hydrogens (tertiary/aromatic N) is 1. The van der Waals surface area contributed by atoms with Gasteiger partial charge in [-0.1, -0.05) is 67.6 Å². The number of rotatable bonds is 8. The van der Waals surface area contributed by atoms with Crippen LogP contribution >= 0.6 is 24.0 Å². The molecule has 0 fully saturated rings. The first-order valence-electron chi connectivity index (χ1n) is 8.97. The van der Waals surface area contributed by atoms with Gasteiger partial charge in [-0.25, -0.2) is 0 Å². The van der Waals surface area contributed by atoms with Gasteiger partial charge in [0.2, 0.25) is 0 Å². The Labute approximate surface area is 174 Å². The lowest BCUT2D eigenvalue weighted by Crippen LogP contribution is -2.40. The largest absolute Gasteiger partial charge is 0.396 e. The second kappa shape index (κ2) is 12.7. The van der Waals surface area contributed by atoms with Gasteiger partial charge in [-0.3, -0.25) is 4.99 Å². The summed E-state index contributed by atoms with van der Waals surface area (Å²) in [7, 11) is 0. The summed E-state index contributed by atoms with van der Waals surface area (Å²) in [6.07, 6.45) is 0. The smallest absolute Gasteiger partial charge is 0.191 e. The van der Waals surface area contributed by atoms with E-state index in [1.807, 2.05) is 36.4 Å². The molecule has 0 amide bonds. The van der Waals surface area contributed by atoms with E-state index in [0.29, 0.717) is 19.0 Å². The monoisotopic (exact) mass is 467 g/mol. The number of aliphatic imine (C=N–C) groups is 1. The molecule has 26 heavy (non-hydrogen) atoms. The summed E-state index contributed by atoms with van der Waals surface area (Å²) in [6.45, 7) is 6.51. The molecule has 2 rings (SSSR count). The average Bonchev–Trinajstić information content (AvgIpc) is 2.67. The number of nitrogens with one attached hydrogen (secondary N) is 2. The minimum absolute atomic E-state index is 0. The number of halogens is 1. The highest BCUT2D eigenvalue weighted by Gasteiger charge is 2.11. The maximum Gasteiger partial charge on any atom is 0.191 e. The van der Waals surface area contributed by atoms with Gasteiger partial charge in [0.25, 0.3) is 0 Å². The Bertz CT molecular complexity index is 634. The summed E-state index contributed by atoms with van der Waals surface area (Å²) < 4.78 is 0. The van der Waals surface area contributed by atoms with Crippen LogP contribution in [-0.2, 0) is 0 Å². The highest BCUT2D eigenvalue weighted by atomic mass is 127. The molecule has 0 spiro atoms. The maximum absolute atomic E-state index is 9.69. The van der Waals surface area contributed by atoms with Crippen molar-refractivity contribution in [3.63, 3.8) is 0 Å². The van der Waals surface area contributed by atoms with Crippen molar-refractivity contribution in [2.75, 3.05) is 26.2 Å². The third-order valence-electron chi connectivity index (χ3n) is 4.24. The number of aliphatic hydroxyl groups is 1. The van der Waals surface area contributed by atoms with E-state index in [1.165, 1.54) is 5.56 Å². The number of guanidine groups is 1. The van der Waals surface area contributed by atoms with Crippen molar-refractivity contribution in [1.29, 1.82) is 0 Å². The van der Waals surface area contributed by atoms with Gasteiger partial charge >= 0.3 is 0 Å². The summed E-state index contributed by atoms with van der Waals surface area (Å²) in [5, 5.41) is 16.3. The maximum atomic E-state index is 9.69. The first kappa shape index (κ1) is 22.4. The molecule has 0 aliphatic carbocycles. The van der Waals surface area contributed by atoms with Crippen LogP contribution in [0.5, 0.6) is 0 Å². The summed E-state index contributed by atoms with van der Waals surface area (Å²) in [6, 6.07) is 20.5. The molecule has 0 saturated carbocycles. The summed E-state index contributed by atoms with van der Waals surface area (Å²) >= 11 is 0. The second-order valence-electron chi connectivity index (χ2n) is 6.20. The standard InChI is InChI=1S/C21H29N3O.HI/c1-3-22-21(23-14-17(2)18-10-6-4-7-11-18)24-15-20(16-25)19-12-8-5-9-13-19;/h4-13,17,20,25H,3,14-16H2,1-2H3,(H2,22,23,24);1H. The third-order valence-corrected chi connectivity index (χ3v) is 4.24. The molecule has 2 aromatic carbocycles. The Hall–Kier alpha value is -1.60. The van der Waals surface area contributed by atoms with Crippen LogP contribution in [0.2, 0.25) is 0 Å². The lowest BCUT2D eigenvalue weighted by atomic mass is 10.0. The van der Waals surface area contributed by atoms with E-state index in [1.54, 1.807) is 0 Å². The Morgan fingerprint density at radius 3 is 2.08 bits per heavy atom. The zero-order chi connectivity index (χ0) is 17.9. The lowest BCUT2D eigenvalue weighted by Gasteiger charge is -2.18. The van der Waals surface area contributed by atoms with Gasteiger partial charge in [-0.05, 0) is 18.1 Å². The molecule has 3 N–H and O–H groups in total. The van der Waals surface area contributed by atoms with Crippen LogP contribution in [0.15, 0.2) is 65.7 Å². The molecule has 0 aliphatic heterocycles. The minimum atomic E-state index is 0. The molecule has 0 radical (unpaired) electrons. The molecule has 0 bridgehead atoms. The second-order valence-corrected chi connectivity index (χ2v) is 6.20. The van der Waals surface area contributed by atoms with Crippen LogP contribution in [0.25, 0.3) is 0 Å². The molecular formula is C21H30IN3O. The Kier molecular flexibility index (Phi) is 11.0. The van der Waals surface area contributed by atoms with Crippen molar-refractivity contribution >= 4 is 29.9 Å². The Balaban J connectivity index is 0.00000338. The van der Waals surface area contributed by atoms with Crippen molar-refractivity contribution in [2.45, 2.75) is 25.7 Å². The predicted octanol–water partition coefficient (Wildman–Crippen LogP) is 3.74. The fourth-order valence-corrected chi connectivity index (χ4v) is 2.69. The van der Waals surface area contributed by atoms with Crippen molar-refractivity contribution in [2.24, 2.45) is 4.99 Å². The van der Waals surface area contributed by atoms with Gasteiger partial charge in [0, 0.05) is 31.5 Å². The topological polar surface area (TPSA) is 56.7 Å². The SMILES string of the molecule is CCNC(=NCC(C)c1ccccc1)NCC(CO)c1ccccc1.I. The van der Waals surface area contributed by atoms with Gasteiger partial charge in [0.15, 0.2) is 5.96 Å². The van der Waals surface area contributed by atoms with Gasteiger partial charge in [0.05, 0.1) is 6.61 Å². The van der Waals surface area contributed by atoms with Crippen LogP contribution in [0.3, 0.4) is 0 Å². The van der Waals surface area contributed by atoms with Crippen LogP contribution in [0, 0.1) is 0 Å². The van der Waals surface area contributed by atoms with E-state index in [2.05, 4.69) is 48.7 Å². The molecule has 142 valence electrons. The quantitative estimate of drug-likeness (QED) is 0.315. The van der Waals surface area contributed by atoms with Crippen LogP contribution in [0.1, 0.15) is 36.8 Å². The first-order chi connectivity index (χ1) is 12.2. The van der Waals surface area contributed by atoms with E-state index in [9.17, 15) is 5.11 Å². The van der Waals surface area contributed by atoms with Crippen molar-refractivity contribution in [1.82, 2.24) is 10.6 Å². The number of hydrogen-bond acceptors (Lipinski definition) is 2. The molecule has 2 aromatic rings. The van der Waals surface area contributed by atoms with Gasteiger partial charge < -0.3 is 15.7 Å². The van der Waals surface area contributed by atoms with E-state index in [-0.39, 0.29) is 36.5 Å². The van der Waals surface area contributed by atoms with Crippen LogP contribution in [-0.4, -0.2) is 37.3 Å². The van der Waals surface area contributed by atoms with Gasteiger partial charge in [-0.15, -0.1) is 24.0 Å². The van der Waals surface area contributed by atoms with E-state index < -0.39 is 0 Å².